The van der Waals surface area contributed by atoms with Crippen molar-refractivity contribution in [3.63, 3.8) is 0 Å². The summed E-state index contributed by atoms with van der Waals surface area (Å²) >= 11 is 5.24. The summed E-state index contributed by atoms with van der Waals surface area (Å²) in [6, 6.07) is 21.4. The number of ether oxygens (including phenoxy) is 1. The number of anilines is 1. The van der Waals surface area contributed by atoms with Crippen LogP contribution in [0.4, 0.5) is 5.69 Å². The number of carbonyl (C=O) groups is 1. The molecule has 0 spiro atoms. The van der Waals surface area contributed by atoms with Crippen molar-refractivity contribution in [3.05, 3.63) is 89.3 Å². The average Bonchev–Trinajstić information content (AvgIpc) is 3.21. The van der Waals surface area contributed by atoms with Crippen LogP contribution >= 0.6 is 12.2 Å². The van der Waals surface area contributed by atoms with Crippen molar-refractivity contribution in [3.8, 4) is 5.75 Å². The molecule has 1 heterocycles. The first kappa shape index (κ1) is 23.4. The molecule has 3 aromatic carbocycles. The van der Waals surface area contributed by atoms with Crippen molar-refractivity contribution in [2.45, 2.75) is 33.1 Å². The number of hydrogen-bond acceptors (Lipinski definition) is 5. The highest BCUT2D eigenvalue weighted by Crippen LogP contribution is 2.23. The Morgan fingerprint density at radius 3 is 2.50 bits per heavy atom. The lowest BCUT2D eigenvalue weighted by Gasteiger charge is -2.11. The highest BCUT2D eigenvalue weighted by molar-refractivity contribution is 7.80. The van der Waals surface area contributed by atoms with Crippen LogP contribution in [-0.4, -0.2) is 22.6 Å². The standard InChI is InChI=1S/C27H27N3O3S/c1-17(2)20-8-13-24-23(15-20)29-26(33-24)14-19-6-9-21(10-7-19)28-27(34)30-25(31)16-32-22-11-4-18(3)5-12-22/h4-13,15,17H,14,16H2,1-3H3,(H2,28,30,31,34). The van der Waals surface area contributed by atoms with Gasteiger partial charge in [-0.05, 0) is 72.6 Å². The van der Waals surface area contributed by atoms with E-state index >= 15 is 0 Å². The smallest absolute Gasteiger partial charge is 0.264 e. The van der Waals surface area contributed by atoms with E-state index in [1.54, 1.807) is 0 Å². The summed E-state index contributed by atoms with van der Waals surface area (Å²) in [6.45, 7) is 6.19. The minimum absolute atomic E-state index is 0.118. The Labute approximate surface area is 204 Å². The molecule has 4 rings (SSSR count). The van der Waals surface area contributed by atoms with Crippen LogP contribution in [0, 0.1) is 6.92 Å². The minimum atomic E-state index is -0.328. The average molecular weight is 474 g/mol. The van der Waals surface area contributed by atoms with Crippen LogP contribution in [0.3, 0.4) is 0 Å². The summed E-state index contributed by atoms with van der Waals surface area (Å²) in [7, 11) is 0. The number of amides is 1. The second-order valence-electron chi connectivity index (χ2n) is 8.47. The Hall–Kier alpha value is -3.71. The lowest BCUT2D eigenvalue weighted by molar-refractivity contribution is -0.121. The molecule has 0 unspecified atom stereocenters. The zero-order valence-corrected chi connectivity index (χ0v) is 20.2. The predicted molar refractivity (Wildman–Crippen MR) is 138 cm³/mol. The number of fused-ring (bicyclic) bond motifs is 1. The monoisotopic (exact) mass is 473 g/mol. The van der Waals surface area contributed by atoms with Gasteiger partial charge in [0.15, 0.2) is 23.2 Å². The van der Waals surface area contributed by atoms with E-state index in [-0.39, 0.29) is 17.6 Å². The number of hydrogen-bond donors (Lipinski definition) is 2. The van der Waals surface area contributed by atoms with E-state index in [0.29, 0.717) is 24.0 Å². The predicted octanol–water partition coefficient (Wildman–Crippen LogP) is 5.74. The molecule has 1 amide bonds. The Morgan fingerprint density at radius 2 is 1.79 bits per heavy atom. The second-order valence-corrected chi connectivity index (χ2v) is 8.88. The Kier molecular flexibility index (Phi) is 7.23. The van der Waals surface area contributed by atoms with E-state index in [9.17, 15) is 4.79 Å². The van der Waals surface area contributed by atoms with Crippen LogP contribution in [0.1, 0.15) is 42.3 Å². The van der Waals surface area contributed by atoms with Crippen molar-refractivity contribution in [2.24, 2.45) is 0 Å². The molecule has 0 saturated heterocycles. The fourth-order valence-electron chi connectivity index (χ4n) is 3.42. The highest BCUT2D eigenvalue weighted by atomic mass is 32.1. The Balaban J connectivity index is 1.28. The maximum absolute atomic E-state index is 12.1. The summed E-state index contributed by atoms with van der Waals surface area (Å²) in [6.07, 6.45) is 0.587. The van der Waals surface area contributed by atoms with E-state index in [2.05, 4.69) is 41.6 Å². The molecule has 0 atom stereocenters. The van der Waals surface area contributed by atoms with Gasteiger partial charge in [0.25, 0.3) is 5.91 Å². The fourth-order valence-corrected chi connectivity index (χ4v) is 3.65. The van der Waals surface area contributed by atoms with Crippen molar-refractivity contribution in [2.75, 3.05) is 11.9 Å². The topological polar surface area (TPSA) is 76.4 Å². The van der Waals surface area contributed by atoms with Crippen LogP contribution in [-0.2, 0) is 11.2 Å². The zero-order chi connectivity index (χ0) is 24.1. The molecule has 0 bridgehead atoms. The molecule has 6 nitrogen and oxygen atoms in total. The molecule has 1 aromatic heterocycles. The molecule has 34 heavy (non-hydrogen) atoms. The summed E-state index contributed by atoms with van der Waals surface area (Å²) < 4.78 is 11.4. The molecule has 0 saturated carbocycles. The molecule has 7 heteroatoms. The van der Waals surface area contributed by atoms with Gasteiger partial charge in [0.05, 0.1) is 0 Å². The van der Waals surface area contributed by atoms with Gasteiger partial charge in [0.2, 0.25) is 0 Å². The molecule has 0 radical (unpaired) electrons. The molecule has 0 aliphatic carbocycles. The maximum Gasteiger partial charge on any atom is 0.264 e. The van der Waals surface area contributed by atoms with E-state index < -0.39 is 0 Å². The number of nitrogens with zero attached hydrogens (tertiary/aromatic N) is 1. The van der Waals surface area contributed by atoms with Crippen molar-refractivity contribution in [1.82, 2.24) is 10.3 Å². The quantitative estimate of drug-likeness (QED) is 0.333. The normalized spacial score (nSPS) is 10.9. The number of aryl methyl sites for hydroxylation is 1. The summed E-state index contributed by atoms with van der Waals surface area (Å²) in [5, 5.41) is 5.85. The largest absolute Gasteiger partial charge is 0.484 e. The molecule has 4 aromatic rings. The third-order valence-electron chi connectivity index (χ3n) is 5.33. The first-order valence-corrected chi connectivity index (χ1v) is 11.5. The lowest BCUT2D eigenvalue weighted by Crippen LogP contribution is -2.37. The zero-order valence-electron chi connectivity index (χ0n) is 19.4. The molecule has 0 fully saturated rings. The maximum atomic E-state index is 12.1. The van der Waals surface area contributed by atoms with Gasteiger partial charge in [-0.1, -0.05) is 49.7 Å². The Bertz CT molecular complexity index is 1300. The van der Waals surface area contributed by atoms with Crippen LogP contribution in [0.15, 0.2) is 71.1 Å². The molecule has 0 aliphatic heterocycles. The Morgan fingerprint density at radius 1 is 1.06 bits per heavy atom. The van der Waals surface area contributed by atoms with Gasteiger partial charge in [-0.25, -0.2) is 4.98 Å². The van der Waals surface area contributed by atoms with Gasteiger partial charge in [-0.3, -0.25) is 10.1 Å². The first-order chi connectivity index (χ1) is 16.4. The van der Waals surface area contributed by atoms with Gasteiger partial charge in [-0.15, -0.1) is 0 Å². The number of benzene rings is 3. The van der Waals surface area contributed by atoms with Crippen molar-refractivity contribution in [1.29, 1.82) is 0 Å². The summed E-state index contributed by atoms with van der Waals surface area (Å²) in [5.41, 5.74) is 5.88. The number of thiocarbonyl (C=S) groups is 1. The number of oxazole rings is 1. The van der Waals surface area contributed by atoms with Gasteiger partial charge in [0, 0.05) is 12.1 Å². The van der Waals surface area contributed by atoms with Gasteiger partial charge >= 0.3 is 0 Å². The van der Waals surface area contributed by atoms with Crippen molar-refractivity contribution < 1.29 is 13.9 Å². The van der Waals surface area contributed by atoms with E-state index in [4.69, 9.17) is 21.4 Å². The molecule has 174 valence electrons. The van der Waals surface area contributed by atoms with E-state index in [0.717, 1.165) is 27.9 Å². The molecule has 2 N–H and O–H groups in total. The molecule has 0 aliphatic rings. The fraction of sp³-hybridized carbons (Fsp3) is 0.222. The van der Waals surface area contributed by atoms with Gasteiger partial charge < -0.3 is 14.5 Å². The second kappa shape index (κ2) is 10.5. The number of carbonyl (C=O) groups excluding carboxylic acids is 1. The van der Waals surface area contributed by atoms with Crippen LogP contribution in [0.25, 0.3) is 11.1 Å². The van der Waals surface area contributed by atoms with E-state index in [1.807, 2.05) is 61.5 Å². The molecular formula is C27H27N3O3S. The molecular weight excluding hydrogens is 446 g/mol. The van der Waals surface area contributed by atoms with Crippen LogP contribution in [0.5, 0.6) is 5.75 Å². The SMILES string of the molecule is Cc1ccc(OCC(=O)NC(=S)Nc2ccc(Cc3nc4cc(C(C)C)ccc4o3)cc2)cc1. The number of nitrogens with one attached hydrogen (secondary N) is 2. The highest BCUT2D eigenvalue weighted by Gasteiger charge is 2.10. The summed E-state index contributed by atoms with van der Waals surface area (Å²) in [4.78, 5) is 16.7. The summed E-state index contributed by atoms with van der Waals surface area (Å²) in [5.74, 6) is 1.43. The van der Waals surface area contributed by atoms with Crippen LogP contribution in [0.2, 0.25) is 0 Å². The third-order valence-corrected chi connectivity index (χ3v) is 5.54. The number of rotatable bonds is 7. The van der Waals surface area contributed by atoms with E-state index in [1.165, 1.54) is 5.56 Å². The third kappa shape index (κ3) is 6.20. The van der Waals surface area contributed by atoms with Crippen molar-refractivity contribution >= 4 is 40.0 Å². The minimum Gasteiger partial charge on any atom is -0.484 e. The first-order valence-electron chi connectivity index (χ1n) is 11.1. The van der Waals surface area contributed by atoms with Crippen LogP contribution < -0.4 is 15.4 Å². The lowest BCUT2D eigenvalue weighted by atomic mass is 10.0. The number of aromatic nitrogens is 1. The van der Waals surface area contributed by atoms with Gasteiger partial charge in [0.1, 0.15) is 11.3 Å². The van der Waals surface area contributed by atoms with Gasteiger partial charge in [-0.2, -0.15) is 0 Å².